The van der Waals surface area contributed by atoms with Crippen LogP contribution in [-0.4, -0.2) is 22.0 Å². The average Bonchev–Trinajstić information content (AvgIpc) is 2.80. The van der Waals surface area contributed by atoms with Gasteiger partial charge in [-0.05, 0) is 6.92 Å². The van der Waals surface area contributed by atoms with Crippen LogP contribution < -0.4 is 10.6 Å². The van der Waals surface area contributed by atoms with Crippen LogP contribution in [0.5, 0.6) is 0 Å². The molecule has 2 heterocycles. The van der Waals surface area contributed by atoms with Gasteiger partial charge in [-0.2, -0.15) is 13.2 Å². The highest BCUT2D eigenvalue weighted by Crippen LogP contribution is 2.28. The summed E-state index contributed by atoms with van der Waals surface area (Å²) in [7, 11) is 1.50. The second-order valence-electron chi connectivity index (χ2n) is 3.92. The topological polar surface area (TPSA) is 62.7 Å². The molecule has 0 saturated carbocycles. The highest BCUT2D eigenvalue weighted by molar-refractivity contribution is 7.09. The molecule has 0 spiro atoms. The van der Waals surface area contributed by atoms with Crippen LogP contribution in [-0.2, 0) is 12.7 Å². The zero-order chi connectivity index (χ0) is 14.8. The first-order chi connectivity index (χ1) is 9.40. The maximum absolute atomic E-state index is 12.7. The van der Waals surface area contributed by atoms with E-state index in [9.17, 15) is 13.2 Å². The van der Waals surface area contributed by atoms with Crippen LogP contribution in [0.3, 0.4) is 0 Å². The number of rotatable bonds is 4. The fourth-order valence-corrected chi connectivity index (χ4v) is 2.18. The van der Waals surface area contributed by atoms with Crippen molar-refractivity contribution in [2.24, 2.45) is 0 Å². The van der Waals surface area contributed by atoms with Gasteiger partial charge in [0.2, 0.25) is 5.82 Å². The molecular weight excluding hydrogens is 291 g/mol. The molecule has 0 aromatic carbocycles. The quantitative estimate of drug-likeness (QED) is 0.909. The highest BCUT2D eigenvalue weighted by Gasteiger charge is 2.35. The van der Waals surface area contributed by atoms with Gasteiger partial charge in [0.05, 0.1) is 17.7 Å². The molecule has 0 unspecified atom stereocenters. The average molecular weight is 303 g/mol. The Balaban J connectivity index is 2.21. The standard InChI is InChI=1S/C11H12F3N5S/c1-6-7(20-5-17-6)4-16-9-3-8(15-2)18-10(19-9)11(12,13)14/h3,5H,4H2,1-2H3,(H2,15,16,18,19). The summed E-state index contributed by atoms with van der Waals surface area (Å²) in [5, 5.41) is 5.44. The van der Waals surface area contributed by atoms with Crippen molar-refractivity contribution in [1.29, 1.82) is 0 Å². The van der Waals surface area contributed by atoms with Crippen LogP contribution in [0.4, 0.5) is 24.8 Å². The monoisotopic (exact) mass is 303 g/mol. The Morgan fingerprint density at radius 1 is 1.25 bits per heavy atom. The van der Waals surface area contributed by atoms with E-state index in [2.05, 4.69) is 25.6 Å². The third-order valence-electron chi connectivity index (χ3n) is 2.51. The van der Waals surface area contributed by atoms with E-state index in [1.807, 2.05) is 6.92 Å². The largest absolute Gasteiger partial charge is 0.451 e. The van der Waals surface area contributed by atoms with E-state index in [0.29, 0.717) is 6.54 Å². The van der Waals surface area contributed by atoms with Crippen LogP contribution in [0.1, 0.15) is 16.4 Å². The van der Waals surface area contributed by atoms with Gasteiger partial charge in [0.15, 0.2) is 0 Å². The third kappa shape index (κ3) is 3.35. The lowest BCUT2D eigenvalue weighted by molar-refractivity contribution is -0.144. The summed E-state index contributed by atoms with van der Waals surface area (Å²) in [6.45, 7) is 2.21. The van der Waals surface area contributed by atoms with Crippen LogP contribution in [0.25, 0.3) is 0 Å². The highest BCUT2D eigenvalue weighted by atomic mass is 32.1. The van der Waals surface area contributed by atoms with E-state index >= 15 is 0 Å². The van der Waals surface area contributed by atoms with Gasteiger partial charge in [-0.25, -0.2) is 15.0 Å². The second kappa shape index (κ2) is 5.61. The first-order valence-electron chi connectivity index (χ1n) is 5.67. The minimum Gasteiger partial charge on any atom is -0.373 e. The molecule has 2 rings (SSSR count). The summed E-state index contributed by atoms with van der Waals surface area (Å²) in [5.41, 5.74) is 2.54. The Labute approximate surface area is 117 Å². The Morgan fingerprint density at radius 2 is 1.95 bits per heavy atom. The molecule has 108 valence electrons. The maximum atomic E-state index is 12.7. The number of alkyl halides is 3. The third-order valence-corrected chi connectivity index (χ3v) is 3.45. The maximum Gasteiger partial charge on any atom is 0.451 e. The van der Waals surface area contributed by atoms with Crippen molar-refractivity contribution < 1.29 is 13.2 Å². The fourth-order valence-electron chi connectivity index (χ4n) is 1.46. The van der Waals surface area contributed by atoms with E-state index in [1.165, 1.54) is 24.5 Å². The second-order valence-corrected chi connectivity index (χ2v) is 4.86. The molecule has 20 heavy (non-hydrogen) atoms. The molecule has 0 saturated heterocycles. The van der Waals surface area contributed by atoms with E-state index in [-0.39, 0.29) is 11.6 Å². The molecule has 5 nitrogen and oxygen atoms in total. The SMILES string of the molecule is CNc1cc(NCc2scnc2C)nc(C(F)(F)F)n1. The molecule has 2 aromatic rings. The van der Waals surface area contributed by atoms with Gasteiger partial charge < -0.3 is 10.6 Å². The van der Waals surface area contributed by atoms with Gasteiger partial charge in [0.1, 0.15) is 11.6 Å². The van der Waals surface area contributed by atoms with Crippen LogP contribution in [0.2, 0.25) is 0 Å². The molecule has 0 aliphatic carbocycles. The molecule has 0 aliphatic heterocycles. The molecule has 0 radical (unpaired) electrons. The lowest BCUT2D eigenvalue weighted by Crippen LogP contribution is -2.14. The zero-order valence-electron chi connectivity index (χ0n) is 10.7. The number of nitrogens with zero attached hydrogens (tertiary/aromatic N) is 3. The normalized spacial score (nSPS) is 11.4. The van der Waals surface area contributed by atoms with E-state index in [1.54, 1.807) is 5.51 Å². The molecule has 2 aromatic heterocycles. The van der Waals surface area contributed by atoms with Gasteiger partial charge in [-0.3, -0.25) is 0 Å². The minimum atomic E-state index is -4.58. The lowest BCUT2D eigenvalue weighted by Gasteiger charge is -2.11. The molecule has 0 fully saturated rings. The minimum absolute atomic E-state index is 0.107. The van der Waals surface area contributed by atoms with Crippen molar-refractivity contribution in [2.45, 2.75) is 19.6 Å². The Hall–Kier alpha value is -1.90. The molecule has 2 N–H and O–H groups in total. The van der Waals surface area contributed by atoms with Crippen molar-refractivity contribution in [3.05, 3.63) is 28.0 Å². The fraction of sp³-hybridized carbons (Fsp3) is 0.364. The lowest BCUT2D eigenvalue weighted by atomic mass is 10.4. The molecule has 0 amide bonds. The van der Waals surface area contributed by atoms with E-state index in [4.69, 9.17) is 0 Å². The van der Waals surface area contributed by atoms with Crippen molar-refractivity contribution in [3.8, 4) is 0 Å². The summed E-state index contributed by atoms with van der Waals surface area (Å²) < 4.78 is 38.0. The van der Waals surface area contributed by atoms with Gasteiger partial charge in [-0.1, -0.05) is 0 Å². The van der Waals surface area contributed by atoms with Crippen LogP contribution in [0, 0.1) is 6.92 Å². The smallest absolute Gasteiger partial charge is 0.373 e. The van der Waals surface area contributed by atoms with Crippen molar-refractivity contribution in [1.82, 2.24) is 15.0 Å². The number of aryl methyl sites for hydroxylation is 1. The number of nitrogens with one attached hydrogen (secondary N) is 2. The predicted octanol–water partition coefficient (Wildman–Crippen LogP) is 2.91. The molecule has 0 bridgehead atoms. The van der Waals surface area contributed by atoms with E-state index < -0.39 is 12.0 Å². The number of hydrogen-bond acceptors (Lipinski definition) is 6. The summed E-state index contributed by atoms with van der Waals surface area (Å²) in [4.78, 5) is 11.9. The zero-order valence-corrected chi connectivity index (χ0v) is 11.6. The molecular formula is C11H12F3N5S. The van der Waals surface area contributed by atoms with Crippen LogP contribution >= 0.6 is 11.3 Å². The van der Waals surface area contributed by atoms with Crippen molar-refractivity contribution in [2.75, 3.05) is 17.7 Å². The van der Waals surface area contributed by atoms with Gasteiger partial charge in [0, 0.05) is 18.0 Å². The first-order valence-corrected chi connectivity index (χ1v) is 6.55. The predicted molar refractivity (Wildman–Crippen MR) is 70.8 cm³/mol. The summed E-state index contributed by atoms with van der Waals surface area (Å²) in [5.74, 6) is -0.951. The van der Waals surface area contributed by atoms with Gasteiger partial charge in [-0.15, -0.1) is 11.3 Å². The molecule has 9 heteroatoms. The summed E-state index contributed by atoms with van der Waals surface area (Å²) in [6, 6.07) is 1.42. The van der Waals surface area contributed by atoms with Gasteiger partial charge >= 0.3 is 6.18 Å². The van der Waals surface area contributed by atoms with Gasteiger partial charge in [0.25, 0.3) is 0 Å². The van der Waals surface area contributed by atoms with E-state index in [0.717, 1.165) is 10.6 Å². The number of thiazole rings is 1. The summed E-state index contributed by atoms with van der Waals surface area (Å²) >= 11 is 1.43. The molecule has 0 aliphatic rings. The number of halogens is 3. The van der Waals surface area contributed by atoms with Crippen molar-refractivity contribution >= 4 is 23.0 Å². The Kier molecular flexibility index (Phi) is 4.07. The molecule has 0 atom stereocenters. The first kappa shape index (κ1) is 14.5. The van der Waals surface area contributed by atoms with Crippen molar-refractivity contribution in [3.63, 3.8) is 0 Å². The number of anilines is 2. The Morgan fingerprint density at radius 3 is 2.50 bits per heavy atom. The van der Waals surface area contributed by atoms with Crippen LogP contribution in [0.15, 0.2) is 11.6 Å². The summed E-state index contributed by atoms with van der Waals surface area (Å²) in [6.07, 6.45) is -4.58. The number of aromatic nitrogens is 3. The number of hydrogen-bond donors (Lipinski definition) is 2. The Bertz CT molecular complexity index is 596.